The number of unbranched alkanes of at least 4 members (excludes halogenated alkanes) is 2. The average Bonchev–Trinajstić information content (AvgIpc) is 2.93. The van der Waals surface area contributed by atoms with E-state index in [4.69, 9.17) is 20.2 Å². The minimum Gasteiger partial charge on any atom is -0.497 e. The van der Waals surface area contributed by atoms with Crippen LogP contribution in [0, 0.1) is 6.92 Å². The van der Waals surface area contributed by atoms with Crippen molar-refractivity contribution in [2.75, 3.05) is 13.7 Å². The summed E-state index contributed by atoms with van der Waals surface area (Å²) in [5.41, 5.74) is 1.12. The zero-order valence-electron chi connectivity index (χ0n) is 13.8. The molecule has 1 heterocycles. The van der Waals surface area contributed by atoms with Crippen molar-refractivity contribution in [3.05, 3.63) is 23.9 Å². The van der Waals surface area contributed by atoms with Gasteiger partial charge >= 0.3 is 0 Å². The molecule has 132 valence electrons. The summed E-state index contributed by atoms with van der Waals surface area (Å²) in [7, 11) is 3.24. The van der Waals surface area contributed by atoms with Gasteiger partial charge in [-0.2, -0.15) is 0 Å². The number of aryl methyl sites for hydroxylation is 1. The number of benzene rings is 1. The highest BCUT2D eigenvalue weighted by molar-refractivity contribution is 8.15. The van der Waals surface area contributed by atoms with E-state index in [1.807, 2.05) is 6.07 Å². The molecule has 0 aliphatic heterocycles. The van der Waals surface area contributed by atoms with Gasteiger partial charge in [0.05, 0.1) is 25.0 Å². The van der Waals surface area contributed by atoms with E-state index in [9.17, 15) is 8.42 Å². The topological polar surface area (TPSA) is 65.5 Å². The number of thiazole rings is 1. The molecule has 0 saturated carbocycles. The van der Waals surface area contributed by atoms with Crippen LogP contribution in [0.4, 0.5) is 0 Å². The highest BCUT2D eigenvalue weighted by atomic mass is 35.7. The lowest BCUT2D eigenvalue weighted by atomic mass is 10.2. The number of halogens is 1. The fraction of sp³-hybridized carbons (Fsp3) is 0.438. The van der Waals surface area contributed by atoms with Crippen LogP contribution in [0.25, 0.3) is 10.6 Å². The van der Waals surface area contributed by atoms with Crippen molar-refractivity contribution in [2.45, 2.75) is 37.3 Å². The number of aromatic nitrogens is 1. The molecular formula is C16H20ClNO4S2. The Kier molecular flexibility index (Phi) is 6.48. The van der Waals surface area contributed by atoms with E-state index in [1.165, 1.54) is 0 Å². The van der Waals surface area contributed by atoms with Crippen LogP contribution < -0.4 is 9.47 Å². The first-order chi connectivity index (χ1) is 11.4. The minimum absolute atomic E-state index is 0.0620. The summed E-state index contributed by atoms with van der Waals surface area (Å²) in [6.45, 7) is 4.34. The zero-order valence-corrected chi connectivity index (χ0v) is 16.2. The van der Waals surface area contributed by atoms with Crippen LogP contribution in [0.2, 0.25) is 0 Å². The van der Waals surface area contributed by atoms with Gasteiger partial charge in [-0.15, -0.1) is 11.3 Å². The van der Waals surface area contributed by atoms with Gasteiger partial charge in [0, 0.05) is 16.7 Å². The molecule has 5 nitrogen and oxygen atoms in total. The Morgan fingerprint density at radius 1 is 1.29 bits per heavy atom. The summed E-state index contributed by atoms with van der Waals surface area (Å²) in [6.07, 6.45) is 3.15. The summed E-state index contributed by atoms with van der Waals surface area (Å²) < 4.78 is 34.4. The van der Waals surface area contributed by atoms with Crippen molar-refractivity contribution in [1.29, 1.82) is 0 Å². The van der Waals surface area contributed by atoms with Crippen LogP contribution >= 0.6 is 22.0 Å². The van der Waals surface area contributed by atoms with E-state index in [0.717, 1.165) is 36.2 Å². The Balaban J connectivity index is 2.38. The van der Waals surface area contributed by atoms with Gasteiger partial charge in [-0.05, 0) is 25.5 Å². The lowest BCUT2D eigenvalue weighted by Gasteiger charge is -2.11. The Bertz CT molecular complexity index is 802. The van der Waals surface area contributed by atoms with Gasteiger partial charge in [0.2, 0.25) is 0 Å². The summed E-state index contributed by atoms with van der Waals surface area (Å²) >= 11 is 1.04. The van der Waals surface area contributed by atoms with Crippen LogP contribution in [0.15, 0.2) is 22.4 Å². The van der Waals surface area contributed by atoms with Crippen molar-refractivity contribution in [1.82, 2.24) is 4.98 Å². The molecule has 0 N–H and O–H groups in total. The number of ether oxygens (including phenoxy) is 2. The Morgan fingerprint density at radius 3 is 2.62 bits per heavy atom. The normalized spacial score (nSPS) is 11.5. The zero-order chi connectivity index (χ0) is 17.7. The molecule has 8 heteroatoms. The predicted molar refractivity (Wildman–Crippen MR) is 96.9 cm³/mol. The predicted octanol–water partition coefficient (Wildman–Crippen LogP) is 4.62. The van der Waals surface area contributed by atoms with Crippen LogP contribution in [0.3, 0.4) is 0 Å². The maximum atomic E-state index is 11.6. The summed E-state index contributed by atoms with van der Waals surface area (Å²) in [4.78, 5) is 4.34. The van der Waals surface area contributed by atoms with Gasteiger partial charge in [0.1, 0.15) is 16.5 Å². The Labute approximate surface area is 151 Å². The molecule has 0 aliphatic rings. The third-order valence-electron chi connectivity index (χ3n) is 3.40. The number of rotatable bonds is 8. The smallest absolute Gasteiger partial charge is 0.272 e. The molecule has 0 spiro atoms. The number of methoxy groups -OCH3 is 1. The van der Waals surface area contributed by atoms with Gasteiger partial charge in [-0.25, -0.2) is 13.4 Å². The molecular weight excluding hydrogens is 370 g/mol. The second-order valence-electron chi connectivity index (χ2n) is 5.25. The first-order valence-electron chi connectivity index (χ1n) is 7.60. The maximum absolute atomic E-state index is 11.6. The first kappa shape index (κ1) is 19.0. The number of hydrogen-bond acceptors (Lipinski definition) is 6. The molecule has 0 radical (unpaired) electrons. The SMILES string of the molecule is CCCCCOc1cc(OC)ccc1-c1nc(C)c(S(=O)(=O)Cl)s1. The summed E-state index contributed by atoms with van der Waals surface area (Å²) in [5, 5.41) is 0.555. The molecule has 0 atom stereocenters. The van der Waals surface area contributed by atoms with Crippen LogP contribution in [-0.2, 0) is 9.05 Å². The molecule has 1 aromatic heterocycles. The quantitative estimate of drug-likeness (QED) is 0.486. The molecule has 24 heavy (non-hydrogen) atoms. The summed E-state index contributed by atoms with van der Waals surface area (Å²) in [6, 6.07) is 5.39. The van der Waals surface area contributed by atoms with E-state index in [1.54, 1.807) is 26.2 Å². The van der Waals surface area contributed by atoms with Gasteiger partial charge < -0.3 is 9.47 Å². The molecule has 0 bridgehead atoms. The van der Waals surface area contributed by atoms with E-state index in [-0.39, 0.29) is 4.21 Å². The van der Waals surface area contributed by atoms with E-state index in [0.29, 0.717) is 28.8 Å². The minimum atomic E-state index is -3.81. The fourth-order valence-corrected chi connectivity index (χ4v) is 4.67. The van der Waals surface area contributed by atoms with Gasteiger partial charge in [0.15, 0.2) is 4.21 Å². The third kappa shape index (κ3) is 4.62. The van der Waals surface area contributed by atoms with Crippen molar-refractivity contribution in [2.24, 2.45) is 0 Å². The molecule has 1 aromatic carbocycles. The highest BCUT2D eigenvalue weighted by Crippen LogP contribution is 2.39. The van der Waals surface area contributed by atoms with E-state index < -0.39 is 9.05 Å². The Morgan fingerprint density at radius 2 is 2.04 bits per heavy atom. The van der Waals surface area contributed by atoms with Crippen molar-refractivity contribution < 1.29 is 17.9 Å². The molecule has 2 rings (SSSR count). The highest BCUT2D eigenvalue weighted by Gasteiger charge is 2.21. The fourth-order valence-electron chi connectivity index (χ4n) is 2.18. The van der Waals surface area contributed by atoms with E-state index in [2.05, 4.69) is 11.9 Å². The van der Waals surface area contributed by atoms with Crippen LogP contribution in [-0.4, -0.2) is 27.1 Å². The lowest BCUT2D eigenvalue weighted by Crippen LogP contribution is -1.99. The third-order valence-corrected chi connectivity index (χ3v) is 6.77. The average molecular weight is 390 g/mol. The monoisotopic (exact) mass is 389 g/mol. The van der Waals surface area contributed by atoms with Crippen LogP contribution in [0.1, 0.15) is 31.9 Å². The standard InChI is InChI=1S/C16H20ClNO4S2/c1-4-5-6-9-22-14-10-12(21-3)7-8-13(14)15-18-11(2)16(23-15)24(17,19)20/h7-8,10H,4-6,9H2,1-3H3. The van der Waals surface area contributed by atoms with Crippen molar-refractivity contribution >= 4 is 31.1 Å². The van der Waals surface area contributed by atoms with Crippen LogP contribution in [0.5, 0.6) is 11.5 Å². The number of nitrogens with zero attached hydrogens (tertiary/aromatic N) is 1. The largest absolute Gasteiger partial charge is 0.497 e. The van der Waals surface area contributed by atoms with Crippen molar-refractivity contribution in [3.8, 4) is 22.1 Å². The van der Waals surface area contributed by atoms with Gasteiger partial charge in [-0.3, -0.25) is 0 Å². The second kappa shape index (κ2) is 8.18. The van der Waals surface area contributed by atoms with Gasteiger partial charge in [-0.1, -0.05) is 19.8 Å². The molecule has 2 aromatic rings. The second-order valence-corrected chi connectivity index (χ2v) is 9.01. The Hall–Kier alpha value is -1.31. The lowest BCUT2D eigenvalue weighted by molar-refractivity contribution is 0.305. The first-order valence-corrected chi connectivity index (χ1v) is 10.7. The van der Waals surface area contributed by atoms with E-state index >= 15 is 0 Å². The molecule has 0 fully saturated rings. The molecule has 0 saturated heterocycles. The molecule has 0 unspecified atom stereocenters. The van der Waals surface area contributed by atoms with Crippen molar-refractivity contribution in [3.63, 3.8) is 0 Å². The number of hydrogen-bond donors (Lipinski definition) is 0. The molecule has 0 aliphatic carbocycles. The maximum Gasteiger partial charge on any atom is 0.272 e. The van der Waals surface area contributed by atoms with Gasteiger partial charge in [0.25, 0.3) is 9.05 Å². The molecule has 0 amide bonds. The summed E-state index contributed by atoms with van der Waals surface area (Å²) in [5.74, 6) is 1.29.